The molecule has 0 unspecified atom stereocenters. The lowest BCUT2D eigenvalue weighted by atomic mass is 10.2. The van der Waals surface area contributed by atoms with Gasteiger partial charge in [0.05, 0.1) is 18.3 Å². The van der Waals surface area contributed by atoms with Gasteiger partial charge in [-0.3, -0.25) is 0 Å². The lowest BCUT2D eigenvalue weighted by Crippen LogP contribution is -2.27. The van der Waals surface area contributed by atoms with Crippen LogP contribution < -0.4 is 0 Å². The third-order valence-corrected chi connectivity index (χ3v) is 2.14. The van der Waals surface area contributed by atoms with Crippen LogP contribution in [0.2, 0.25) is 0 Å². The van der Waals surface area contributed by atoms with E-state index in [1.807, 2.05) is 0 Å². The highest BCUT2D eigenvalue weighted by Crippen LogP contribution is 2.25. The molecule has 66 valence electrons. The molecule has 0 heterocycles. The first-order chi connectivity index (χ1) is 5.24. The third kappa shape index (κ3) is 2.46. The highest BCUT2D eigenvalue weighted by Gasteiger charge is 2.28. The zero-order valence-corrected chi connectivity index (χ0v) is 7.67. The molecule has 2 nitrogen and oxygen atoms in total. The van der Waals surface area contributed by atoms with Gasteiger partial charge < -0.3 is 9.47 Å². The van der Waals surface area contributed by atoms with E-state index < -0.39 is 0 Å². The van der Waals surface area contributed by atoms with E-state index in [0.717, 1.165) is 12.8 Å². The van der Waals surface area contributed by atoms with Gasteiger partial charge in [0, 0.05) is 7.11 Å². The predicted octanol–water partition coefficient (Wildman–Crippen LogP) is 1.98. The van der Waals surface area contributed by atoms with Crippen molar-refractivity contribution in [1.29, 1.82) is 0 Å². The summed E-state index contributed by atoms with van der Waals surface area (Å²) in [6.07, 6.45) is 4.59. The Balaban J connectivity index is 2.31. The average Bonchev–Trinajstić information content (AvgIpc) is 2.34. The molecule has 0 aromatic carbocycles. The van der Waals surface area contributed by atoms with Gasteiger partial charge in [0.1, 0.15) is 0 Å². The Labute approximate surface area is 68.9 Å². The molecule has 0 saturated heterocycles. The zero-order valence-electron chi connectivity index (χ0n) is 7.67. The van der Waals surface area contributed by atoms with Gasteiger partial charge in [-0.1, -0.05) is 0 Å². The topological polar surface area (TPSA) is 18.5 Å². The van der Waals surface area contributed by atoms with Crippen molar-refractivity contribution in [3.05, 3.63) is 0 Å². The first kappa shape index (κ1) is 9.01. The summed E-state index contributed by atoms with van der Waals surface area (Å²) < 4.78 is 11.0. The van der Waals surface area contributed by atoms with Gasteiger partial charge in [0.15, 0.2) is 0 Å². The summed E-state index contributed by atoms with van der Waals surface area (Å²) in [5.41, 5.74) is 0. The van der Waals surface area contributed by atoms with E-state index in [-0.39, 0.29) is 0 Å². The molecule has 0 radical (unpaired) electrons. The van der Waals surface area contributed by atoms with Gasteiger partial charge in [0.2, 0.25) is 0 Å². The van der Waals surface area contributed by atoms with E-state index in [9.17, 15) is 0 Å². The number of hydrogen-bond acceptors (Lipinski definition) is 2. The molecular formula is C9H18O2. The lowest BCUT2D eigenvalue weighted by molar-refractivity contribution is -0.0631. The van der Waals surface area contributed by atoms with Crippen molar-refractivity contribution in [2.45, 2.75) is 51.4 Å². The smallest absolute Gasteiger partial charge is 0.0840 e. The normalized spacial score (nSPS) is 31.6. The fourth-order valence-corrected chi connectivity index (χ4v) is 1.67. The van der Waals surface area contributed by atoms with Crippen molar-refractivity contribution < 1.29 is 9.47 Å². The van der Waals surface area contributed by atoms with E-state index in [4.69, 9.17) is 9.47 Å². The number of methoxy groups -OCH3 is 1. The summed E-state index contributed by atoms with van der Waals surface area (Å²) in [5.74, 6) is 0. The van der Waals surface area contributed by atoms with Crippen LogP contribution in [0.4, 0.5) is 0 Å². The van der Waals surface area contributed by atoms with Gasteiger partial charge in [-0.2, -0.15) is 0 Å². The Morgan fingerprint density at radius 2 is 1.82 bits per heavy atom. The quantitative estimate of drug-likeness (QED) is 0.625. The SMILES string of the molecule is CO[C@H]1CCC[C@@H]1OC(C)C. The molecular weight excluding hydrogens is 140 g/mol. The van der Waals surface area contributed by atoms with Crippen molar-refractivity contribution in [1.82, 2.24) is 0 Å². The van der Waals surface area contributed by atoms with E-state index in [1.165, 1.54) is 6.42 Å². The summed E-state index contributed by atoms with van der Waals surface area (Å²) in [6, 6.07) is 0. The minimum Gasteiger partial charge on any atom is -0.379 e. The third-order valence-electron chi connectivity index (χ3n) is 2.14. The summed E-state index contributed by atoms with van der Waals surface area (Å²) in [5, 5.41) is 0. The minimum atomic E-state index is 0.329. The molecule has 1 aliphatic carbocycles. The molecule has 0 aromatic heterocycles. The zero-order chi connectivity index (χ0) is 8.27. The van der Waals surface area contributed by atoms with Crippen LogP contribution in [0.15, 0.2) is 0 Å². The largest absolute Gasteiger partial charge is 0.379 e. The Kier molecular flexibility index (Phi) is 3.34. The molecule has 1 aliphatic rings. The molecule has 0 spiro atoms. The van der Waals surface area contributed by atoms with Crippen molar-refractivity contribution >= 4 is 0 Å². The van der Waals surface area contributed by atoms with Gasteiger partial charge >= 0.3 is 0 Å². The second-order valence-electron chi connectivity index (χ2n) is 3.43. The van der Waals surface area contributed by atoms with Crippen molar-refractivity contribution in [3.8, 4) is 0 Å². The Morgan fingerprint density at radius 1 is 1.18 bits per heavy atom. The van der Waals surface area contributed by atoms with Gasteiger partial charge in [0.25, 0.3) is 0 Å². The highest BCUT2D eigenvalue weighted by atomic mass is 16.5. The maximum absolute atomic E-state index is 5.69. The summed E-state index contributed by atoms with van der Waals surface area (Å²) >= 11 is 0. The van der Waals surface area contributed by atoms with E-state index in [1.54, 1.807) is 7.11 Å². The molecule has 2 atom stereocenters. The molecule has 1 fully saturated rings. The lowest BCUT2D eigenvalue weighted by Gasteiger charge is -2.20. The van der Waals surface area contributed by atoms with E-state index >= 15 is 0 Å². The molecule has 0 bridgehead atoms. The van der Waals surface area contributed by atoms with Crippen LogP contribution in [0, 0.1) is 0 Å². The molecule has 1 saturated carbocycles. The second kappa shape index (κ2) is 4.07. The summed E-state index contributed by atoms with van der Waals surface area (Å²) in [6.45, 7) is 4.15. The number of ether oxygens (including phenoxy) is 2. The maximum atomic E-state index is 5.69. The molecule has 0 amide bonds. The Bertz CT molecular complexity index is 112. The first-order valence-corrected chi connectivity index (χ1v) is 4.42. The molecule has 0 aliphatic heterocycles. The van der Waals surface area contributed by atoms with Crippen molar-refractivity contribution in [2.75, 3.05) is 7.11 Å². The summed E-state index contributed by atoms with van der Waals surface area (Å²) in [7, 11) is 1.77. The Morgan fingerprint density at radius 3 is 2.36 bits per heavy atom. The maximum Gasteiger partial charge on any atom is 0.0840 e. The van der Waals surface area contributed by atoms with Gasteiger partial charge in [-0.15, -0.1) is 0 Å². The van der Waals surface area contributed by atoms with Crippen LogP contribution in [0.5, 0.6) is 0 Å². The minimum absolute atomic E-state index is 0.329. The van der Waals surface area contributed by atoms with Crippen LogP contribution in [-0.2, 0) is 9.47 Å². The molecule has 0 N–H and O–H groups in total. The van der Waals surface area contributed by atoms with Crippen LogP contribution in [0.1, 0.15) is 33.1 Å². The standard InChI is InChI=1S/C9H18O2/c1-7(2)11-9-6-4-5-8(9)10-3/h7-9H,4-6H2,1-3H3/t8-,9-/m0/s1. The van der Waals surface area contributed by atoms with E-state index in [2.05, 4.69) is 13.8 Å². The fraction of sp³-hybridized carbons (Fsp3) is 1.00. The fourth-order valence-electron chi connectivity index (χ4n) is 1.67. The number of rotatable bonds is 3. The van der Waals surface area contributed by atoms with Gasteiger partial charge in [-0.05, 0) is 33.1 Å². The predicted molar refractivity (Wildman–Crippen MR) is 44.7 cm³/mol. The van der Waals surface area contributed by atoms with Crippen molar-refractivity contribution in [3.63, 3.8) is 0 Å². The van der Waals surface area contributed by atoms with Crippen LogP contribution in [0.25, 0.3) is 0 Å². The molecule has 11 heavy (non-hydrogen) atoms. The molecule has 1 rings (SSSR count). The summed E-state index contributed by atoms with van der Waals surface area (Å²) in [4.78, 5) is 0. The van der Waals surface area contributed by atoms with Crippen LogP contribution >= 0.6 is 0 Å². The van der Waals surface area contributed by atoms with Crippen LogP contribution in [-0.4, -0.2) is 25.4 Å². The van der Waals surface area contributed by atoms with Crippen LogP contribution in [0.3, 0.4) is 0 Å². The number of hydrogen-bond donors (Lipinski definition) is 0. The molecule has 2 heteroatoms. The average molecular weight is 158 g/mol. The second-order valence-corrected chi connectivity index (χ2v) is 3.43. The van der Waals surface area contributed by atoms with E-state index in [0.29, 0.717) is 18.3 Å². The first-order valence-electron chi connectivity index (χ1n) is 4.42. The monoisotopic (exact) mass is 158 g/mol. The molecule has 0 aromatic rings. The van der Waals surface area contributed by atoms with Gasteiger partial charge in [-0.25, -0.2) is 0 Å². The van der Waals surface area contributed by atoms with Crippen molar-refractivity contribution in [2.24, 2.45) is 0 Å². The highest BCUT2D eigenvalue weighted by molar-refractivity contribution is 4.78. The Hall–Kier alpha value is -0.0800.